The van der Waals surface area contributed by atoms with Crippen LogP contribution < -0.4 is 9.62 Å². The number of piperazine rings is 1. The summed E-state index contributed by atoms with van der Waals surface area (Å²) in [7, 11) is -3.68. The molecule has 2 heterocycles. The molecule has 0 spiro atoms. The van der Waals surface area contributed by atoms with Crippen LogP contribution >= 0.6 is 11.6 Å². The van der Waals surface area contributed by atoms with Crippen molar-refractivity contribution in [1.29, 1.82) is 0 Å². The molecule has 8 heteroatoms. The number of aromatic nitrogens is 1. The van der Waals surface area contributed by atoms with E-state index in [0.717, 1.165) is 31.9 Å². The number of rotatable bonds is 5. The summed E-state index contributed by atoms with van der Waals surface area (Å²) >= 11 is 5.71. The number of benzene rings is 1. The predicted octanol–water partition coefficient (Wildman–Crippen LogP) is 3.07. The topological polar surface area (TPSA) is 65.5 Å². The van der Waals surface area contributed by atoms with Gasteiger partial charge in [0.05, 0.1) is 0 Å². The zero-order chi connectivity index (χ0) is 18.7. The number of anilines is 2. The van der Waals surface area contributed by atoms with Crippen LogP contribution in [0.2, 0.25) is 5.15 Å². The Morgan fingerprint density at radius 2 is 1.69 bits per heavy atom. The molecule has 1 aliphatic rings. The average Bonchev–Trinajstić information content (AvgIpc) is 2.62. The van der Waals surface area contributed by atoms with Gasteiger partial charge in [-0.25, -0.2) is 13.4 Å². The van der Waals surface area contributed by atoms with Crippen molar-refractivity contribution in [2.24, 2.45) is 0 Å². The van der Waals surface area contributed by atoms with Gasteiger partial charge in [0, 0.05) is 49.8 Å². The van der Waals surface area contributed by atoms with Gasteiger partial charge in [-0.15, -0.1) is 0 Å². The molecule has 1 aromatic heterocycles. The van der Waals surface area contributed by atoms with E-state index in [-0.39, 0.29) is 10.0 Å². The third-order valence-corrected chi connectivity index (χ3v) is 6.13. The number of nitrogens with zero attached hydrogens (tertiary/aromatic N) is 3. The summed E-state index contributed by atoms with van der Waals surface area (Å²) in [6.45, 7) is 8.45. The predicted molar refractivity (Wildman–Crippen MR) is 105 cm³/mol. The number of pyridine rings is 1. The van der Waals surface area contributed by atoms with E-state index in [4.69, 9.17) is 11.6 Å². The van der Waals surface area contributed by atoms with Crippen LogP contribution in [-0.2, 0) is 10.0 Å². The average molecular weight is 395 g/mol. The minimum Gasteiger partial charge on any atom is -0.369 e. The maximum Gasteiger partial charge on any atom is 0.263 e. The van der Waals surface area contributed by atoms with E-state index in [9.17, 15) is 8.42 Å². The van der Waals surface area contributed by atoms with Crippen molar-refractivity contribution in [3.8, 4) is 0 Å². The third kappa shape index (κ3) is 4.47. The van der Waals surface area contributed by atoms with Crippen molar-refractivity contribution < 1.29 is 8.42 Å². The van der Waals surface area contributed by atoms with Crippen LogP contribution in [0.5, 0.6) is 0 Å². The van der Waals surface area contributed by atoms with E-state index in [1.807, 2.05) is 12.1 Å². The molecule has 1 saturated heterocycles. The summed E-state index contributed by atoms with van der Waals surface area (Å²) in [4.78, 5) is 8.67. The van der Waals surface area contributed by atoms with Crippen molar-refractivity contribution >= 4 is 33.0 Å². The molecule has 0 unspecified atom stereocenters. The fourth-order valence-corrected chi connectivity index (χ4v) is 4.09. The fraction of sp³-hybridized carbons (Fsp3) is 0.389. The molecular weight excluding hydrogens is 372 g/mol. The van der Waals surface area contributed by atoms with Gasteiger partial charge in [-0.2, -0.15) is 0 Å². The monoisotopic (exact) mass is 394 g/mol. The Morgan fingerprint density at radius 3 is 2.23 bits per heavy atom. The lowest BCUT2D eigenvalue weighted by Crippen LogP contribution is -2.48. The molecule has 1 aromatic carbocycles. The molecule has 26 heavy (non-hydrogen) atoms. The second-order valence-corrected chi connectivity index (χ2v) is 8.66. The van der Waals surface area contributed by atoms with Gasteiger partial charge in [-0.3, -0.25) is 9.62 Å². The largest absolute Gasteiger partial charge is 0.369 e. The third-order valence-electron chi connectivity index (χ3n) is 4.54. The van der Waals surface area contributed by atoms with E-state index in [1.54, 1.807) is 12.1 Å². The van der Waals surface area contributed by atoms with Crippen LogP contribution in [0.3, 0.4) is 0 Å². The van der Waals surface area contributed by atoms with Crippen LogP contribution in [0.15, 0.2) is 47.5 Å². The van der Waals surface area contributed by atoms with E-state index >= 15 is 0 Å². The van der Waals surface area contributed by atoms with Crippen LogP contribution in [0.1, 0.15) is 13.8 Å². The second-order valence-electron chi connectivity index (χ2n) is 6.59. The SMILES string of the molecule is CC(C)N1CCN(c2ccc(NS(=O)(=O)c3ccc(Cl)nc3)cc2)CC1. The minimum atomic E-state index is -3.68. The van der Waals surface area contributed by atoms with Crippen LogP contribution in [-0.4, -0.2) is 50.5 Å². The quantitative estimate of drug-likeness (QED) is 0.789. The van der Waals surface area contributed by atoms with Gasteiger partial charge in [-0.1, -0.05) is 11.6 Å². The van der Waals surface area contributed by atoms with E-state index in [1.165, 1.54) is 18.3 Å². The van der Waals surface area contributed by atoms with Crippen molar-refractivity contribution in [3.05, 3.63) is 47.7 Å². The first-order valence-electron chi connectivity index (χ1n) is 8.58. The van der Waals surface area contributed by atoms with Gasteiger partial charge < -0.3 is 4.90 Å². The summed E-state index contributed by atoms with van der Waals surface area (Å²) in [6, 6.07) is 10.9. The highest BCUT2D eigenvalue weighted by atomic mass is 35.5. The molecule has 1 N–H and O–H groups in total. The minimum absolute atomic E-state index is 0.0794. The lowest BCUT2D eigenvalue weighted by molar-refractivity contribution is 0.209. The lowest BCUT2D eigenvalue weighted by atomic mass is 10.2. The van der Waals surface area contributed by atoms with Gasteiger partial charge >= 0.3 is 0 Å². The smallest absolute Gasteiger partial charge is 0.263 e. The van der Waals surface area contributed by atoms with Crippen molar-refractivity contribution in [2.45, 2.75) is 24.8 Å². The summed E-state index contributed by atoms with van der Waals surface area (Å²) in [5, 5.41) is 0.255. The van der Waals surface area contributed by atoms with Crippen LogP contribution in [0.25, 0.3) is 0 Å². The Hall–Kier alpha value is -1.83. The Morgan fingerprint density at radius 1 is 1.04 bits per heavy atom. The van der Waals surface area contributed by atoms with E-state index in [2.05, 4.69) is 33.4 Å². The zero-order valence-electron chi connectivity index (χ0n) is 14.9. The Bertz CT molecular complexity index is 830. The maximum absolute atomic E-state index is 12.4. The Balaban J connectivity index is 1.65. The first-order chi connectivity index (χ1) is 12.3. The highest BCUT2D eigenvalue weighted by Gasteiger charge is 2.19. The number of sulfonamides is 1. The standard InChI is InChI=1S/C18H23ClN4O2S/c1-14(2)22-9-11-23(12-10-22)16-5-3-15(4-6-16)21-26(24,25)17-7-8-18(19)20-13-17/h3-8,13-14,21H,9-12H2,1-2H3. The molecule has 0 saturated carbocycles. The number of hydrogen-bond donors (Lipinski definition) is 1. The second kappa shape index (κ2) is 7.82. The van der Waals surface area contributed by atoms with Crippen LogP contribution in [0.4, 0.5) is 11.4 Å². The Labute approximate surface area is 159 Å². The van der Waals surface area contributed by atoms with E-state index < -0.39 is 10.0 Å². The summed E-state index contributed by atoms with van der Waals surface area (Å²) in [5.41, 5.74) is 1.62. The first kappa shape index (κ1) is 18.9. The number of hydrogen-bond acceptors (Lipinski definition) is 5. The van der Waals surface area contributed by atoms with Crippen molar-refractivity contribution in [2.75, 3.05) is 35.8 Å². The highest BCUT2D eigenvalue weighted by Crippen LogP contribution is 2.22. The van der Waals surface area contributed by atoms with Crippen molar-refractivity contribution in [1.82, 2.24) is 9.88 Å². The molecule has 0 atom stereocenters. The van der Waals surface area contributed by atoms with Crippen molar-refractivity contribution in [3.63, 3.8) is 0 Å². The first-order valence-corrected chi connectivity index (χ1v) is 10.4. The summed E-state index contributed by atoms with van der Waals surface area (Å²) < 4.78 is 27.3. The molecule has 1 aliphatic heterocycles. The number of halogens is 1. The molecule has 6 nitrogen and oxygen atoms in total. The molecule has 0 amide bonds. The molecule has 3 rings (SSSR count). The summed E-state index contributed by atoms with van der Waals surface area (Å²) in [5.74, 6) is 0. The van der Waals surface area contributed by atoms with E-state index in [0.29, 0.717) is 11.7 Å². The molecule has 0 bridgehead atoms. The van der Waals surface area contributed by atoms with Gasteiger partial charge in [0.25, 0.3) is 10.0 Å². The summed E-state index contributed by atoms with van der Waals surface area (Å²) in [6.07, 6.45) is 1.24. The molecule has 140 valence electrons. The lowest BCUT2D eigenvalue weighted by Gasteiger charge is -2.38. The Kier molecular flexibility index (Phi) is 5.70. The molecule has 0 aliphatic carbocycles. The molecule has 2 aromatic rings. The molecule has 1 fully saturated rings. The van der Waals surface area contributed by atoms with Gasteiger partial charge in [0.15, 0.2) is 0 Å². The molecule has 0 radical (unpaired) electrons. The number of nitrogens with one attached hydrogen (secondary N) is 1. The van der Waals surface area contributed by atoms with Gasteiger partial charge in [0.2, 0.25) is 0 Å². The molecular formula is C18H23ClN4O2S. The van der Waals surface area contributed by atoms with Gasteiger partial charge in [0.1, 0.15) is 10.0 Å². The van der Waals surface area contributed by atoms with Gasteiger partial charge in [-0.05, 0) is 50.2 Å². The zero-order valence-corrected chi connectivity index (χ0v) is 16.5. The fourth-order valence-electron chi connectivity index (χ4n) is 2.97. The van der Waals surface area contributed by atoms with Crippen LogP contribution in [0, 0.1) is 0 Å². The highest BCUT2D eigenvalue weighted by molar-refractivity contribution is 7.92. The maximum atomic E-state index is 12.4. The normalized spacial score (nSPS) is 16.1.